The van der Waals surface area contributed by atoms with E-state index in [1.54, 1.807) is 6.07 Å². The highest BCUT2D eigenvalue weighted by atomic mass is 19.1. The fourth-order valence-electron chi connectivity index (χ4n) is 2.43. The van der Waals surface area contributed by atoms with Gasteiger partial charge in [-0.15, -0.1) is 0 Å². The molecule has 1 aliphatic heterocycles. The van der Waals surface area contributed by atoms with Gasteiger partial charge in [0.15, 0.2) is 0 Å². The standard InChI is InChI=1S/C14H20FNO/c1-14(2,15)12-7-3-5-10(13(12)17)9-11-6-4-8-16-11/h3,5,7,11,16-17H,4,6,8-9H2,1-2H3. The minimum atomic E-state index is -1.50. The minimum absolute atomic E-state index is 0.119. The number of halogens is 1. The number of hydrogen-bond donors (Lipinski definition) is 2. The van der Waals surface area contributed by atoms with Crippen molar-refractivity contribution in [1.29, 1.82) is 0 Å². The molecule has 94 valence electrons. The Morgan fingerprint density at radius 1 is 1.47 bits per heavy atom. The number of phenols is 1. The Kier molecular flexibility index (Phi) is 3.38. The maximum atomic E-state index is 13.9. The van der Waals surface area contributed by atoms with Crippen molar-refractivity contribution in [1.82, 2.24) is 5.32 Å². The quantitative estimate of drug-likeness (QED) is 0.847. The average molecular weight is 237 g/mol. The largest absolute Gasteiger partial charge is 0.507 e. The third-order valence-corrected chi connectivity index (χ3v) is 3.39. The first kappa shape index (κ1) is 12.4. The summed E-state index contributed by atoms with van der Waals surface area (Å²) in [6.07, 6.45) is 3.08. The van der Waals surface area contributed by atoms with Gasteiger partial charge in [-0.05, 0) is 45.2 Å². The van der Waals surface area contributed by atoms with Gasteiger partial charge in [-0.3, -0.25) is 0 Å². The van der Waals surface area contributed by atoms with Crippen LogP contribution in [0, 0.1) is 0 Å². The van der Waals surface area contributed by atoms with Crippen LogP contribution in [-0.4, -0.2) is 17.7 Å². The number of aromatic hydroxyl groups is 1. The molecule has 0 spiro atoms. The van der Waals surface area contributed by atoms with Crippen molar-refractivity contribution in [3.63, 3.8) is 0 Å². The number of para-hydroxylation sites is 1. The van der Waals surface area contributed by atoms with Crippen molar-refractivity contribution < 1.29 is 9.50 Å². The molecule has 1 atom stereocenters. The van der Waals surface area contributed by atoms with Crippen molar-refractivity contribution in [2.75, 3.05) is 6.54 Å². The molecule has 1 aromatic rings. The molecule has 1 heterocycles. The van der Waals surface area contributed by atoms with Crippen LogP contribution in [-0.2, 0) is 12.1 Å². The van der Waals surface area contributed by atoms with E-state index < -0.39 is 5.67 Å². The summed E-state index contributed by atoms with van der Waals surface area (Å²) < 4.78 is 13.9. The van der Waals surface area contributed by atoms with Crippen LogP contribution in [0.1, 0.15) is 37.8 Å². The van der Waals surface area contributed by atoms with Crippen LogP contribution in [0.3, 0.4) is 0 Å². The number of rotatable bonds is 3. The fraction of sp³-hybridized carbons (Fsp3) is 0.571. The lowest BCUT2D eigenvalue weighted by Gasteiger charge is -2.19. The van der Waals surface area contributed by atoms with Gasteiger partial charge in [-0.1, -0.05) is 18.2 Å². The van der Waals surface area contributed by atoms with E-state index in [1.165, 1.54) is 20.3 Å². The Labute approximate surface area is 102 Å². The Morgan fingerprint density at radius 3 is 2.82 bits per heavy atom. The topological polar surface area (TPSA) is 32.3 Å². The Hall–Kier alpha value is -1.09. The molecule has 0 bridgehead atoms. The number of hydrogen-bond acceptors (Lipinski definition) is 2. The summed E-state index contributed by atoms with van der Waals surface area (Å²) in [5.74, 6) is 0.119. The van der Waals surface area contributed by atoms with E-state index in [4.69, 9.17) is 0 Å². The van der Waals surface area contributed by atoms with E-state index in [-0.39, 0.29) is 5.75 Å². The lowest BCUT2D eigenvalue weighted by atomic mass is 9.94. The summed E-state index contributed by atoms with van der Waals surface area (Å²) in [6.45, 7) is 3.99. The zero-order valence-electron chi connectivity index (χ0n) is 10.5. The summed E-state index contributed by atoms with van der Waals surface area (Å²) in [7, 11) is 0. The van der Waals surface area contributed by atoms with Gasteiger partial charge in [0, 0.05) is 11.6 Å². The molecule has 1 fully saturated rings. The van der Waals surface area contributed by atoms with E-state index in [9.17, 15) is 9.50 Å². The molecule has 0 aromatic heterocycles. The highest BCUT2D eigenvalue weighted by molar-refractivity contribution is 5.43. The van der Waals surface area contributed by atoms with Crippen LogP contribution in [0.5, 0.6) is 5.75 Å². The predicted octanol–water partition coefficient (Wildman–Crippen LogP) is 2.89. The first-order valence-electron chi connectivity index (χ1n) is 6.22. The fourth-order valence-corrected chi connectivity index (χ4v) is 2.43. The van der Waals surface area contributed by atoms with Gasteiger partial charge < -0.3 is 10.4 Å². The van der Waals surface area contributed by atoms with Gasteiger partial charge in [-0.25, -0.2) is 4.39 Å². The molecule has 1 saturated heterocycles. The normalized spacial score (nSPS) is 20.8. The second-order valence-corrected chi connectivity index (χ2v) is 5.28. The molecule has 3 heteroatoms. The third-order valence-electron chi connectivity index (χ3n) is 3.39. The minimum Gasteiger partial charge on any atom is -0.507 e. The molecular formula is C14H20FNO. The summed E-state index contributed by atoms with van der Waals surface area (Å²) in [5, 5.41) is 13.5. The van der Waals surface area contributed by atoms with Crippen LogP contribution in [0.25, 0.3) is 0 Å². The van der Waals surface area contributed by atoms with Crippen LogP contribution in [0.4, 0.5) is 4.39 Å². The maximum Gasteiger partial charge on any atom is 0.134 e. The van der Waals surface area contributed by atoms with E-state index in [0.29, 0.717) is 11.6 Å². The van der Waals surface area contributed by atoms with E-state index in [1.807, 2.05) is 12.1 Å². The second-order valence-electron chi connectivity index (χ2n) is 5.28. The van der Waals surface area contributed by atoms with Gasteiger partial charge in [0.25, 0.3) is 0 Å². The smallest absolute Gasteiger partial charge is 0.134 e. The molecule has 2 rings (SSSR count). The van der Waals surface area contributed by atoms with Gasteiger partial charge in [-0.2, -0.15) is 0 Å². The summed E-state index contributed by atoms with van der Waals surface area (Å²) in [5.41, 5.74) is -0.274. The maximum absolute atomic E-state index is 13.9. The highest BCUT2D eigenvalue weighted by Crippen LogP contribution is 2.35. The van der Waals surface area contributed by atoms with Crippen LogP contribution in [0.15, 0.2) is 18.2 Å². The van der Waals surface area contributed by atoms with Gasteiger partial charge in [0.05, 0.1) is 0 Å². The molecular weight excluding hydrogens is 217 g/mol. The Balaban J connectivity index is 2.22. The molecule has 0 aliphatic carbocycles. The molecule has 2 nitrogen and oxygen atoms in total. The molecule has 2 N–H and O–H groups in total. The third kappa shape index (κ3) is 2.78. The molecule has 17 heavy (non-hydrogen) atoms. The van der Waals surface area contributed by atoms with Gasteiger partial charge >= 0.3 is 0 Å². The zero-order valence-corrected chi connectivity index (χ0v) is 10.5. The number of alkyl halides is 1. The highest BCUT2D eigenvalue weighted by Gasteiger charge is 2.25. The van der Waals surface area contributed by atoms with Crippen LogP contribution in [0.2, 0.25) is 0 Å². The first-order chi connectivity index (χ1) is 7.98. The molecule has 0 saturated carbocycles. The number of phenolic OH excluding ortho intramolecular Hbond substituents is 1. The Bertz CT molecular complexity index is 392. The second kappa shape index (κ2) is 4.65. The lowest BCUT2D eigenvalue weighted by Crippen LogP contribution is -2.24. The molecule has 1 aromatic carbocycles. The van der Waals surface area contributed by atoms with E-state index in [2.05, 4.69) is 5.32 Å². The molecule has 0 radical (unpaired) electrons. The van der Waals surface area contributed by atoms with Crippen molar-refractivity contribution >= 4 is 0 Å². The van der Waals surface area contributed by atoms with Gasteiger partial charge in [0.1, 0.15) is 11.4 Å². The van der Waals surface area contributed by atoms with Crippen molar-refractivity contribution in [3.8, 4) is 5.75 Å². The van der Waals surface area contributed by atoms with Crippen LogP contribution < -0.4 is 5.32 Å². The lowest BCUT2D eigenvalue weighted by molar-refractivity contribution is 0.214. The summed E-state index contributed by atoms with van der Waals surface area (Å²) in [6, 6.07) is 5.77. The molecule has 0 amide bonds. The molecule has 1 aliphatic rings. The molecule has 1 unspecified atom stereocenters. The van der Waals surface area contributed by atoms with E-state index in [0.717, 1.165) is 24.9 Å². The average Bonchev–Trinajstić information content (AvgIpc) is 2.72. The summed E-state index contributed by atoms with van der Waals surface area (Å²) in [4.78, 5) is 0. The van der Waals surface area contributed by atoms with Gasteiger partial charge in [0.2, 0.25) is 0 Å². The first-order valence-corrected chi connectivity index (χ1v) is 6.22. The number of nitrogens with one attached hydrogen (secondary N) is 1. The van der Waals surface area contributed by atoms with E-state index >= 15 is 0 Å². The monoisotopic (exact) mass is 237 g/mol. The van der Waals surface area contributed by atoms with Crippen molar-refractivity contribution in [3.05, 3.63) is 29.3 Å². The van der Waals surface area contributed by atoms with Crippen LogP contribution >= 0.6 is 0 Å². The van der Waals surface area contributed by atoms with Crippen molar-refractivity contribution in [2.24, 2.45) is 0 Å². The van der Waals surface area contributed by atoms with Crippen molar-refractivity contribution in [2.45, 2.75) is 44.8 Å². The predicted molar refractivity (Wildman–Crippen MR) is 67.0 cm³/mol. The summed E-state index contributed by atoms with van der Waals surface area (Å²) >= 11 is 0. The number of benzene rings is 1. The zero-order chi connectivity index (χ0) is 12.5. The SMILES string of the molecule is CC(C)(F)c1cccc(CC2CCCN2)c1O. The Morgan fingerprint density at radius 2 is 2.24 bits per heavy atom.